The quantitative estimate of drug-likeness (QED) is 0.616. The van der Waals surface area contributed by atoms with Crippen LogP contribution in [0.2, 0.25) is 0 Å². The maximum absolute atomic E-state index is 11.7. The molecule has 0 bridgehead atoms. The summed E-state index contributed by atoms with van der Waals surface area (Å²) in [7, 11) is 0. The number of nitrogens with zero attached hydrogens (tertiary/aromatic N) is 1. The fraction of sp³-hybridized carbons (Fsp3) is 0.818. The first-order valence-corrected chi connectivity index (χ1v) is 5.37. The fourth-order valence-corrected chi connectivity index (χ4v) is 2.20. The number of fused-ring (bicyclic) bond motifs is 1. The second kappa shape index (κ2) is 3.22. The number of amides is 1. The Bertz CT molecular complexity index is 295. The molecule has 1 saturated carbocycles. The lowest BCUT2D eigenvalue weighted by Crippen LogP contribution is -2.42. The molecule has 2 rings (SSSR count). The summed E-state index contributed by atoms with van der Waals surface area (Å²) < 4.78 is 5.25. The van der Waals surface area contributed by atoms with Crippen molar-refractivity contribution in [2.75, 3.05) is 6.54 Å². The van der Waals surface area contributed by atoms with Crippen molar-refractivity contribution >= 4 is 12.4 Å². The van der Waals surface area contributed by atoms with Gasteiger partial charge in [-0.1, -0.05) is 0 Å². The first-order chi connectivity index (χ1) is 6.92. The lowest BCUT2D eigenvalue weighted by atomic mass is 10.2. The van der Waals surface area contributed by atoms with Crippen molar-refractivity contribution < 1.29 is 14.3 Å². The summed E-state index contributed by atoms with van der Waals surface area (Å²) in [4.78, 5) is 24.2. The molecule has 4 heteroatoms. The predicted molar refractivity (Wildman–Crippen MR) is 54.4 cm³/mol. The molecular weight excluding hydrogens is 194 g/mol. The van der Waals surface area contributed by atoms with Gasteiger partial charge in [-0.3, -0.25) is 4.90 Å². The molecule has 1 aliphatic heterocycles. The van der Waals surface area contributed by atoms with E-state index in [1.165, 1.54) is 0 Å². The van der Waals surface area contributed by atoms with E-state index in [1.807, 2.05) is 20.8 Å². The van der Waals surface area contributed by atoms with Gasteiger partial charge < -0.3 is 9.53 Å². The molecule has 0 spiro atoms. The highest BCUT2D eigenvalue weighted by Crippen LogP contribution is 2.49. The molecule has 3 atom stereocenters. The molecule has 0 N–H and O–H groups in total. The minimum atomic E-state index is -0.489. The van der Waals surface area contributed by atoms with Crippen molar-refractivity contribution in [2.24, 2.45) is 11.8 Å². The van der Waals surface area contributed by atoms with E-state index in [0.29, 0.717) is 18.4 Å². The van der Waals surface area contributed by atoms with E-state index in [-0.39, 0.29) is 12.1 Å². The zero-order valence-corrected chi connectivity index (χ0v) is 9.40. The van der Waals surface area contributed by atoms with Gasteiger partial charge in [0.05, 0.1) is 6.04 Å². The van der Waals surface area contributed by atoms with Crippen LogP contribution < -0.4 is 0 Å². The van der Waals surface area contributed by atoms with Crippen molar-refractivity contribution in [1.82, 2.24) is 4.90 Å². The van der Waals surface area contributed by atoms with Crippen LogP contribution >= 0.6 is 0 Å². The number of piperidine rings is 1. The van der Waals surface area contributed by atoms with Gasteiger partial charge in [-0.25, -0.2) is 4.79 Å². The van der Waals surface area contributed by atoms with Gasteiger partial charge in [0.1, 0.15) is 11.9 Å². The normalized spacial score (nSPS) is 33.5. The molecule has 0 aromatic carbocycles. The van der Waals surface area contributed by atoms with Crippen molar-refractivity contribution in [3.8, 4) is 0 Å². The molecule has 0 aromatic heterocycles. The standard InChI is InChI=1S/C11H17NO3/c1-11(2,3)15-10(14)12-5-7-4-8(7)9(12)6-13/h6-9H,4-5H2,1-3H3/t7-,8-,9+/m1/s1. The Morgan fingerprint density at radius 1 is 1.47 bits per heavy atom. The first kappa shape index (κ1) is 10.5. The largest absolute Gasteiger partial charge is 0.444 e. The van der Waals surface area contributed by atoms with Crippen LogP contribution in [0.4, 0.5) is 4.79 Å². The molecule has 1 heterocycles. The summed E-state index contributed by atoms with van der Waals surface area (Å²) in [6, 6.07) is -0.246. The molecule has 1 amide bonds. The van der Waals surface area contributed by atoms with Gasteiger partial charge in [-0.05, 0) is 39.0 Å². The van der Waals surface area contributed by atoms with Gasteiger partial charge in [0, 0.05) is 6.54 Å². The zero-order chi connectivity index (χ0) is 11.2. The van der Waals surface area contributed by atoms with Crippen LogP contribution in [0.25, 0.3) is 0 Å². The summed E-state index contributed by atoms with van der Waals surface area (Å²) in [5.74, 6) is 0.933. The first-order valence-electron chi connectivity index (χ1n) is 5.37. The minimum Gasteiger partial charge on any atom is -0.444 e. The van der Waals surface area contributed by atoms with E-state index < -0.39 is 5.60 Å². The van der Waals surface area contributed by atoms with Gasteiger partial charge in [0.25, 0.3) is 0 Å². The third-order valence-corrected chi connectivity index (χ3v) is 2.97. The lowest BCUT2D eigenvalue weighted by molar-refractivity contribution is -0.112. The molecule has 0 unspecified atom stereocenters. The average molecular weight is 211 g/mol. The van der Waals surface area contributed by atoms with E-state index in [4.69, 9.17) is 4.74 Å². The Labute approximate surface area is 89.6 Å². The number of aldehydes is 1. The van der Waals surface area contributed by atoms with Crippen LogP contribution in [-0.4, -0.2) is 35.5 Å². The summed E-state index contributed by atoms with van der Waals surface area (Å²) in [6.07, 6.45) is 1.61. The second-order valence-corrected chi connectivity index (χ2v) is 5.42. The van der Waals surface area contributed by atoms with Crippen molar-refractivity contribution in [2.45, 2.75) is 38.8 Å². The summed E-state index contributed by atoms with van der Waals surface area (Å²) in [5.41, 5.74) is -0.489. The number of carbonyl (C=O) groups excluding carboxylic acids is 2. The zero-order valence-electron chi connectivity index (χ0n) is 9.40. The summed E-state index contributed by atoms with van der Waals surface area (Å²) >= 11 is 0. The highest BCUT2D eigenvalue weighted by atomic mass is 16.6. The number of ether oxygens (including phenoxy) is 1. The summed E-state index contributed by atoms with van der Waals surface area (Å²) in [6.45, 7) is 6.18. The van der Waals surface area contributed by atoms with E-state index in [9.17, 15) is 9.59 Å². The second-order valence-electron chi connectivity index (χ2n) is 5.42. The number of carbonyl (C=O) groups is 2. The van der Waals surface area contributed by atoms with E-state index in [1.54, 1.807) is 4.90 Å². The maximum atomic E-state index is 11.7. The van der Waals surface area contributed by atoms with Crippen LogP contribution in [0.5, 0.6) is 0 Å². The van der Waals surface area contributed by atoms with Crippen LogP contribution in [0.15, 0.2) is 0 Å². The van der Waals surface area contributed by atoms with E-state index in [0.717, 1.165) is 12.7 Å². The predicted octanol–water partition coefficient (Wildman–Crippen LogP) is 1.44. The monoisotopic (exact) mass is 211 g/mol. The molecule has 84 valence electrons. The van der Waals surface area contributed by atoms with Gasteiger partial charge in [-0.2, -0.15) is 0 Å². The topological polar surface area (TPSA) is 46.6 Å². The molecule has 1 aliphatic carbocycles. The van der Waals surface area contributed by atoms with E-state index >= 15 is 0 Å². The molecule has 15 heavy (non-hydrogen) atoms. The SMILES string of the molecule is CC(C)(C)OC(=O)N1C[C@H]2C[C@H]2[C@@H]1C=O. The average Bonchev–Trinajstić information content (AvgIpc) is 2.75. The molecule has 1 saturated heterocycles. The smallest absolute Gasteiger partial charge is 0.410 e. The summed E-state index contributed by atoms with van der Waals surface area (Å²) in [5, 5.41) is 0. The maximum Gasteiger partial charge on any atom is 0.410 e. The van der Waals surface area contributed by atoms with Crippen LogP contribution in [0.3, 0.4) is 0 Å². The highest BCUT2D eigenvalue weighted by molar-refractivity contribution is 5.75. The molecule has 2 fully saturated rings. The Hall–Kier alpha value is -1.06. The van der Waals surface area contributed by atoms with Crippen LogP contribution in [0.1, 0.15) is 27.2 Å². The van der Waals surface area contributed by atoms with Crippen LogP contribution in [0, 0.1) is 11.8 Å². The Balaban J connectivity index is 1.99. The van der Waals surface area contributed by atoms with Gasteiger partial charge >= 0.3 is 6.09 Å². The fourth-order valence-electron chi connectivity index (χ4n) is 2.20. The van der Waals surface area contributed by atoms with E-state index in [2.05, 4.69) is 0 Å². The molecule has 0 radical (unpaired) electrons. The molecular formula is C11H17NO3. The number of hydrogen-bond donors (Lipinski definition) is 0. The van der Waals surface area contributed by atoms with Crippen molar-refractivity contribution in [1.29, 1.82) is 0 Å². The molecule has 0 aromatic rings. The number of hydrogen-bond acceptors (Lipinski definition) is 3. The highest BCUT2D eigenvalue weighted by Gasteiger charge is 2.54. The third kappa shape index (κ3) is 1.98. The molecule has 4 nitrogen and oxygen atoms in total. The van der Waals surface area contributed by atoms with Gasteiger partial charge in [0.2, 0.25) is 0 Å². The van der Waals surface area contributed by atoms with Crippen LogP contribution in [-0.2, 0) is 9.53 Å². The Kier molecular flexibility index (Phi) is 2.24. The van der Waals surface area contributed by atoms with Gasteiger partial charge in [0.15, 0.2) is 0 Å². The van der Waals surface area contributed by atoms with Gasteiger partial charge in [-0.15, -0.1) is 0 Å². The minimum absolute atomic E-state index is 0.246. The Morgan fingerprint density at radius 2 is 2.13 bits per heavy atom. The van der Waals surface area contributed by atoms with Crippen molar-refractivity contribution in [3.05, 3.63) is 0 Å². The number of likely N-dealkylation sites (tertiary alicyclic amines) is 1. The Morgan fingerprint density at radius 3 is 2.67 bits per heavy atom. The molecule has 2 aliphatic rings. The third-order valence-electron chi connectivity index (χ3n) is 2.97. The number of rotatable bonds is 1. The van der Waals surface area contributed by atoms with Crippen molar-refractivity contribution in [3.63, 3.8) is 0 Å². The lowest BCUT2D eigenvalue weighted by Gasteiger charge is -2.27.